The molecule has 2 rings (SSSR count). The van der Waals surface area contributed by atoms with E-state index in [1.165, 1.54) is 17.2 Å². The lowest BCUT2D eigenvalue weighted by molar-refractivity contribution is -0.127. The quantitative estimate of drug-likeness (QED) is 0.695. The summed E-state index contributed by atoms with van der Waals surface area (Å²) in [6.07, 6.45) is 2.47. The van der Waals surface area contributed by atoms with Crippen LogP contribution in [0.5, 0.6) is 0 Å². The van der Waals surface area contributed by atoms with E-state index >= 15 is 0 Å². The van der Waals surface area contributed by atoms with Crippen molar-refractivity contribution in [3.8, 4) is 0 Å². The summed E-state index contributed by atoms with van der Waals surface area (Å²) in [5, 5.41) is 0. The Morgan fingerprint density at radius 2 is 2.31 bits per heavy atom. The third-order valence-electron chi connectivity index (χ3n) is 3.28. The van der Waals surface area contributed by atoms with Crippen molar-refractivity contribution < 1.29 is 4.79 Å². The number of nitrogens with zero attached hydrogens (tertiary/aromatic N) is 1. The molecule has 1 atom stereocenters. The van der Waals surface area contributed by atoms with Gasteiger partial charge in [0, 0.05) is 19.0 Å². The van der Waals surface area contributed by atoms with E-state index in [1.807, 2.05) is 11.0 Å². The predicted octanol–water partition coefficient (Wildman–Crippen LogP) is 2.71. The lowest BCUT2D eigenvalue weighted by Crippen LogP contribution is -2.37. The monoisotopic (exact) mass is 215 g/mol. The zero-order valence-corrected chi connectivity index (χ0v) is 9.65. The van der Waals surface area contributed by atoms with Gasteiger partial charge in [-0.25, -0.2) is 0 Å². The summed E-state index contributed by atoms with van der Waals surface area (Å²) in [6, 6.07) is 8.40. The molecule has 0 N–H and O–H groups in total. The molecule has 1 amide bonds. The Labute approximate surface area is 96.6 Å². The molecule has 1 aliphatic rings. The molecule has 2 nitrogen and oxygen atoms in total. The molecule has 1 aromatic rings. The first-order chi connectivity index (χ1) is 7.76. The smallest absolute Gasteiger partial charge is 0.246 e. The normalized spacial score (nSPS) is 19.1. The molecule has 1 aromatic carbocycles. The van der Waals surface area contributed by atoms with Crippen LogP contribution in [-0.2, 0) is 11.3 Å². The molecule has 0 radical (unpaired) electrons. The summed E-state index contributed by atoms with van der Waals surface area (Å²) in [6.45, 7) is 7.26. The average Bonchev–Trinajstić information content (AvgIpc) is 2.36. The predicted molar refractivity (Wildman–Crippen MR) is 65.1 cm³/mol. The topological polar surface area (TPSA) is 20.3 Å². The maximum absolute atomic E-state index is 11.6. The van der Waals surface area contributed by atoms with Gasteiger partial charge in [0.15, 0.2) is 0 Å². The van der Waals surface area contributed by atoms with Gasteiger partial charge in [0.2, 0.25) is 5.91 Å². The number of hydrogen-bond donors (Lipinski definition) is 0. The Bertz CT molecular complexity index is 411. The van der Waals surface area contributed by atoms with Crippen molar-refractivity contribution in [3.05, 3.63) is 48.0 Å². The summed E-state index contributed by atoms with van der Waals surface area (Å²) in [5.41, 5.74) is 2.67. The first kappa shape index (κ1) is 10.9. The van der Waals surface area contributed by atoms with Gasteiger partial charge in [0.1, 0.15) is 0 Å². The molecule has 0 spiro atoms. The van der Waals surface area contributed by atoms with Crippen LogP contribution in [0.15, 0.2) is 36.9 Å². The molecule has 0 fully saturated rings. The molecule has 1 heterocycles. The first-order valence-electron chi connectivity index (χ1n) is 5.75. The Morgan fingerprint density at radius 1 is 1.56 bits per heavy atom. The zero-order valence-electron chi connectivity index (χ0n) is 9.65. The first-order valence-corrected chi connectivity index (χ1v) is 5.75. The number of fused-ring (bicyclic) bond motifs is 1. The molecule has 84 valence electrons. The maximum atomic E-state index is 11.6. The Balaban J connectivity index is 2.31. The van der Waals surface area contributed by atoms with Crippen LogP contribution in [0.3, 0.4) is 0 Å². The number of amides is 1. The van der Waals surface area contributed by atoms with Crippen LogP contribution in [0.25, 0.3) is 0 Å². The molecule has 0 bridgehead atoms. The third kappa shape index (κ3) is 1.87. The Morgan fingerprint density at radius 3 is 3.00 bits per heavy atom. The lowest BCUT2D eigenvalue weighted by Gasteiger charge is -2.33. The van der Waals surface area contributed by atoms with Crippen LogP contribution in [-0.4, -0.2) is 17.4 Å². The molecule has 0 saturated carbocycles. The van der Waals surface area contributed by atoms with Gasteiger partial charge in [-0.15, -0.1) is 0 Å². The fourth-order valence-corrected chi connectivity index (χ4v) is 2.36. The van der Waals surface area contributed by atoms with E-state index in [9.17, 15) is 4.79 Å². The van der Waals surface area contributed by atoms with Gasteiger partial charge >= 0.3 is 0 Å². The maximum Gasteiger partial charge on any atom is 0.246 e. The van der Waals surface area contributed by atoms with Gasteiger partial charge in [0.25, 0.3) is 0 Å². The fraction of sp³-hybridized carbons (Fsp3) is 0.357. The van der Waals surface area contributed by atoms with Crippen LogP contribution in [0.1, 0.15) is 30.4 Å². The minimum Gasteiger partial charge on any atom is -0.334 e. The number of carbonyl (C=O) groups is 1. The highest BCUT2D eigenvalue weighted by molar-refractivity contribution is 5.87. The third-order valence-corrected chi connectivity index (χ3v) is 3.28. The molecule has 0 unspecified atom stereocenters. The van der Waals surface area contributed by atoms with E-state index in [0.717, 1.165) is 19.5 Å². The van der Waals surface area contributed by atoms with Gasteiger partial charge in [-0.2, -0.15) is 0 Å². The Hall–Kier alpha value is -1.57. The van der Waals surface area contributed by atoms with Crippen molar-refractivity contribution in [2.75, 3.05) is 6.54 Å². The van der Waals surface area contributed by atoms with Crippen LogP contribution < -0.4 is 0 Å². The van der Waals surface area contributed by atoms with E-state index in [4.69, 9.17) is 0 Å². The molecule has 2 heteroatoms. The molecule has 16 heavy (non-hydrogen) atoms. The molecule has 0 aliphatic carbocycles. The van der Waals surface area contributed by atoms with Gasteiger partial charge < -0.3 is 4.90 Å². The summed E-state index contributed by atoms with van der Waals surface area (Å²) in [7, 11) is 0. The van der Waals surface area contributed by atoms with Crippen molar-refractivity contribution in [1.82, 2.24) is 4.90 Å². The second-order valence-corrected chi connectivity index (χ2v) is 4.23. The van der Waals surface area contributed by atoms with Gasteiger partial charge in [-0.05, 0) is 23.6 Å². The lowest BCUT2D eigenvalue weighted by atomic mass is 9.88. The van der Waals surface area contributed by atoms with Crippen molar-refractivity contribution in [2.45, 2.75) is 25.8 Å². The largest absolute Gasteiger partial charge is 0.334 e. The molecular formula is C14H17NO. The minimum absolute atomic E-state index is 0.0351. The Kier molecular flexibility index (Phi) is 3.09. The van der Waals surface area contributed by atoms with E-state index in [0.29, 0.717) is 5.92 Å². The van der Waals surface area contributed by atoms with E-state index in [1.54, 1.807) is 0 Å². The molecule has 0 aromatic heterocycles. The van der Waals surface area contributed by atoms with E-state index in [2.05, 4.69) is 31.7 Å². The van der Waals surface area contributed by atoms with Crippen molar-refractivity contribution in [1.29, 1.82) is 0 Å². The second kappa shape index (κ2) is 4.52. The highest BCUT2D eigenvalue weighted by Gasteiger charge is 2.25. The summed E-state index contributed by atoms with van der Waals surface area (Å²) in [4.78, 5) is 13.5. The van der Waals surface area contributed by atoms with E-state index in [-0.39, 0.29) is 5.91 Å². The van der Waals surface area contributed by atoms with Crippen molar-refractivity contribution in [3.63, 3.8) is 0 Å². The molecule has 1 aliphatic heterocycles. The number of carbonyl (C=O) groups excluding carboxylic acids is 1. The van der Waals surface area contributed by atoms with Crippen molar-refractivity contribution >= 4 is 5.91 Å². The molecule has 0 saturated heterocycles. The SMILES string of the molecule is C=CC(=O)N1Cc2ccccc2[C@H](CC)C1. The molecular weight excluding hydrogens is 198 g/mol. The van der Waals surface area contributed by atoms with Crippen LogP contribution >= 0.6 is 0 Å². The number of rotatable bonds is 2. The van der Waals surface area contributed by atoms with Gasteiger partial charge in [0.05, 0.1) is 0 Å². The average molecular weight is 215 g/mol. The van der Waals surface area contributed by atoms with Crippen LogP contribution in [0.2, 0.25) is 0 Å². The highest BCUT2D eigenvalue weighted by atomic mass is 16.2. The number of hydrogen-bond acceptors (Lipinski definition) is 1. The summed E-state index contributed by atoms with van der Waals surface area (Å²) in [5.74, 6) is 0.502. The van der Waals surface area contributed by atoms with Crippen LogP contribution in [0, 0.1) is 0 Å². The standard InChI is InChI=1S/C14H17NO/c1-3-11-9-15(14(16)4-2)10-12-7-5-6-8-13(11)12/h4-8,11H,2-3,9-10H2,1H3/t11-/m1/s1. The minimum atomic E-state index is 0.0351. The highest BCUT2D eigenvalue weighted by Crippen LogP contribution is 2.30. The fourth-order valence-electron chi connectivity index (χ4n) is 2.36. The van der Waals surface area contributed by atoms with Crippen LogP contribution in [0.4, 0.5) is 0 Å². The summed E-state index contributed by atoms with van der Waals surface area (Å²) >= 11 is 0. The summed E-state index contributed by atoms with van der Waals surface area (Å²) < 4.78 is 0. The second-order valence-electron chi connectivity index (χ2n) is 4.23. The number of benzene rings is 1. The van der Waals surface area contributed by atoms with Crippen molar-refractivity contribution in [2.24, 2.45) is 0 Å². The van der Waals surface area contributed by atoms with Gasteiger partial charge in [-0.1, -0.05) is 37.8 Å². The zero-order chi connectivity index (χ0) is 11.5. The van der Waals surface area contributed by atoms with Gasteiger partial charge in [-0.3, -0.25) is 4.79 Å². The van der Waals surface area contributed by atoms with E-state index < -0.39 is 0 Å².